The van der Waals surface area contributed by atoms with Gasteiger partial charge in [-0.15, -0.1) is 22.7 Å². The summed E-state index contributed by atoms with van der Waals surface area (Å²) in [5.74, 6) is 1.95. The molecule has 0 aliphatic rings. The predicted molar refractivity (Wildman–Crippen MR) is 238 cm³/mol. The number of aromatic nitrogens is 3. The average Bonchev–Trinajstić information content (AvgIpc) is 3.85. The molecule has 3 nitrogen and oxygen atoms in total. The highest BCUT2D eigenvalue weighted by Gasteiger charge is 2.22. The predicted octanol–water partition coefficient (Wildman–Crippen LogP) is 14.6. The monoisotopic (exact) mass is 749 g/mol. The van der Waals surface area contributed by atoms with Crippen LogP contribution in [-0.2, 0) is 0 Å². The van der Waals surface area contributed by atoms with Crippen LogP contribution >= 0.6 is 22.7 Å². The first-order valence-corrected chi connectivity index (χ1v) is 20.3. The minimum atomic E-state index is 0.649. The van der Waals surface area contributed by atoms with Crippen LogP contribution in [0, 0.1) is 0 Å². The van der Waals surface area contributed by atoms with Crippen LogP contribution in [-0.4, -0.2) is 15.0 Å². The summed E-state index contributed by atoms with van der Waals surface area (Å²) in [6.07, 6.45) is 0. The van der Waals surface area contributed by atoms with E-state index in [2.05, 4.69) is 152 Å². The van der Waals surface area contributed by atoms with Gasteiger partial charge in [0, 0.05) is 62.6 Å². The van der Waals surface area contributed by atoms with Gasteiger partial charge in [-0.1, -0.05) is 158 Å². The number of hydrogen-bond acceptors (Lipinski definition) is 5. The van der Waals surface area contributed by atoms with E-state index < -0.39 is 0 Å². The summed E-state index contributed by atoms with van der Waals surface area (Å²) >= 11 is 3.72. The molecule has 56 heavy (non-hydrogen) atoms. The van der Waals surface area contributed by atoms with E-state index in [1.54, 1.807) is 0 Å². The van der Waals surface area contributed by atoms with Crippen LogP contribution in [0.15, 0.2) is 188 Å². The number of benzene rings is 8. The summed E-state index contributed by atoms with van der Waals surface area (Å²) in [5.41, 5.74) is 10.0. The Balaban J connectivity index is 1.24. The van der Waals surface area contributed by atoms with Gasteiger partial charge in [0.1, 0.15) is 0 Å². The van der Waals surface area contributed by atoms with Crippen LogP contribution < -0.4 is 0 Å². The number of thiophene rings is 2. The second kappa shape index (κ2) is 13.5. The summed E-state index contributed by atoms with van der Waals surface area (Å²) in [4.78, 5) is 15.5. The maximum atomic E-state index is 5.25. The van der Waals surface area contributed by atoms with Gasteiger partial charge in [-0.3, -0.25) is 0 Å². The molecule has 0 spiro atoms. The largest absolute Gasteiger partial charge is 0.208 e. The van der Waals surface area contributed by atoms with Crippen LogP contribution in [0.5, 0.6) is 0 Å². The fraction of sp³-hybridized carbons (Fsp3) is 0. The van der Waals surface area contributed by atoms with Crippen molar-refractivity contribution in [2.75, 3.05) is 0 Å². The van der Waals surface area contributed by atoms with Crippen LogP contribution in [0.3, 0.4) is 0 Å². The Morgan fingerprint density at radius 1 is 0.286 bits per heavy atom. The Kier molecular flexibility index (Phi) is 7.87. The zero-order valence-corrected chi connectivity index (χ0v) is 31.7. The summed E-state index contributed by atoms with van der Waals surface area (Å²) in [6.45, 7) is 0. The van der Waals surface area contributed by atoms with Crippen molar-refractivity contribution in [3.8, 4) is 67.5 Å². The van der Waals surface area contributed by atoms with Crippen molar-refractivity contribution in [3.63, 3.8) is 0 Å². The number of rotatable bonds is 6. The van der Waals surface area contributed by atoms with Crippen LogP contribution in [0.4, 0.5) is 0 Å². The molecule has 11 rings (SSSR count). The normalized spacial score (nSPS) is 11.6. The van der Waals surface area contributed by atoms with Gasteiger partial charge < -0.3 is 0 Å². The molecule has 0 radical (unpaired) electrons. The third-order valence-electron chi connectivity index (χ3n) is 10.5. The minimum Gasteiger partial charge on any atom is -0.208 e. The molecule has 0 aliphatic carbocycles. The lowest BCUT2D eigenvalue weighted by molar-refractivity contribution is 1.08. The summed E-state index contributed by atoms with van der Waals surface area (Å²) in [5, 5.41) is 4.94. The van der Waals surface area contributed by atoms with Crippen molar-refractivity contribution >= 4 is 63.0 Å². The van der Waals surface area contributed by atoms with Crippen molar-refractivity contribution in [2.45, 2.75) is 0 Å². The summed E-state index contributed by atoms with van der Waals surface area (Å²) in [7, 11) is 0. The van der Waals surface area contributed by atoms with Gasteiger partial charge in [-0.25, -0.2) is 15.0 Å². The van der Waals surface area contributed by atoms with Crippen molar-refractivity contribution in [3.05, 3.63) is 188 Å². The lowest BCUT2D eigenvalue weighted by Crippen LogP contribution is -2.00. The molecule has 0 saturated heterocycles. The minimum absolute atomic E-state index is 0.649. The van der Waals surface area contributed by atoms with E-state index in [1.807, 2.05) is 59.1 Å². The molecule has 0 atom stereocenters. The molecule has 8 aromatic carbocycles. The Morgan fingerprint density at radius 2 is 0.839 bits per heavy atom. The highest BCUT2D eigenvalue weighted by Crippen LogP contribution is 2.49. The molecule has 0 amide bonds. The molecule has 0 saturated carbocycles. The standard InChI is InChI=1S/C51H31N3S2/c1-5-15-32(16-6-1)37-29-42(33-17-7-2-8-18-33)47-43(30-37)46-41(51-53-49(34-19-9-3-10-20-34)52-50(54-51)35-21-11-4-12-22-35)28-27-38(48(46)56-47)36-25-26-40-39-23-13-14-24-44(39)55-45(40)31-36/h1-31H. The third kappa shape index (κ3) is 5.60. The molecule has 262 valence electrons. The van der Waals surface area contributed by atoms with Crippen LogP contribution in [0.1, 0.15) is 0 Å². The first-order chi connectivity index (χ1) is 27.7. The van der Waals surface area contributed by atoms with E-state index in [9.17, 15) is 0 Å². The fourth-order valence-electron chi connectivity index (χ4n) is 7.85. The fourth-order valence-corrected chi connectivity index (χ4v) is 10.4. The molecule has 5 heteroatoms. The Bertz CT molecular complexity index is 3170. The van der Waals surface area contributed by atoms with E-state index in [0.29, 0.717) is 17.5 Å². The molecule has 0 unspecified atom stereocenters. The zero-order valence-electron chi connectivity index (χ0n) is 30.1. The Morgan fingerprint density at radius 3 is 1.52 bits per heavy atom. The molecule has 0 bridgehead atoms. The second-order valence-electron chi connectivity index (χ2n) is 13.9. The second-order valence-corrected chi connectivity index (χ2v) is 16.1. The first kappa shape index (κ1) is 32.6. The van der Waals surface area contributed by atoms with Gasteiger partial charge in [-0.2, -0.15) is 0 Å². The number of hydrogen-bond donors (Lipinski definition) is 0. The number of fused-ring (bicyclic) bond motifs is 6. The van der Waals surface area contributed by atoms with Gasteiger partial charge in [0.2, 0.25) is 0 Å². The van der Waals surface area contributed by atoms with Gasteiger partial charge in [-0.05, 0) is 58.1 Å². The van der Waals surface area contributed by atoms with Gasteiger partial charge in [0.15, 0.2) is 17.5 Å². The summed E-state index contributed by atoms with van der Waals surface area (Å²) in [6, 6.07) is 66.8. The maximum Gasteiger partial charge on any atom is 0.164 e. The Labute approximate surface area is 331 Å². The topological polar surface area (TPSA) is 38.7 Å². The molecular formula is C51H31N3S2. The smallest absolute Gasteiger partial charge is 0.164 e. The van der Waals surface area contributed by atoms with Gasteiger partial charge >= 0.3 is 0 Å². The van der Waals surface area contributed by atoms with Gasteiger partial charge in [0.05, 0.1) is 0 Å². The van der Waals surface area contributed by atoms with Crippen LogP contribution in [0.2, 0.25) is 0 Å². The van der Waals surface area contributed by atoms with Crippen molar-refractivity contribution in [1.82, 2.24) is 15.0 Å². The molecule has 0 fully saturated rings. The lowest BCUT2D eigenvalue weighted by atomic mass is 9.93. The lowest BCUT2D eigenvalue weighted by Gasteiger charge is -2.12. The molecule has 3 aromatic heterocycles. The van der Waals surface area contributed by atoms with E-state index in [-0.39, 0.29) is 0 Å². The maximum absolute atomic E-state index is 5.25. The van der Waals surface area contributed by atoms with Crippen molar-refractivity contribution < 1.29 is 0 Å². The van der Waals surface area contributed by atoms with Crippen molar-refractivity contribution in [2.24, 2.45) is 0 Å². The molecule has 0 aliphatic heterocycles. The van der Waals surface area contributed by atoms with E-state index in [4.69, 9.17) is 15.0 Å². The van der Waals surface area contributed by atoms with E-state index in [0.717, 1.165) is 22.1 Å². The Hall–Kier alpha value is -6.79. The molecule has 3 heterocycles. The molecule has 0 N–H and O–H groups in total. The molecule has 11 aromatic rings. The highest BCUT2D eigenvalue weighted by molar-refractivity contribution is 7.27. The van der Waals surface area contributed by atoms with Crippen LogP contribution in [0.25, 0.3) is 108 Å². The van der Waals surface area contributed by atoms with E-state index in [1.165, 1.54) is 68.3 Å². The zero-order chi connectivity index (χ0) is 37.0. The first-order valence-electron chi connectivity index (χ1n) is 18.7. The highest BCUT2D eigenvalue weighted by atomic mass is 32.1. The summed E-state index contributed by atoms with van der Waals surface area (Å²) < 4.78 is 5.04. The number of nitrogens with zero attached hydrogens (tertiary/aromatic N) is 3. The molecular weight excluding hydrogens is 719 g/mol. The quantitative estimate of drug-likeness (QED) is 0.170. The third-order valence-corrected chi connectivity index (χ3v) is 12.9. The SMILES string of the molecule is c1ccc(-c2cc(-c3ccccc3)c3sc4c(-c5ccc6c(c5)sc5ccccc56)ccc(-c5nc(-c6ccccc6)nc(-c6ccccc6)n5)c4c3c2)cc1. The van der Waals surface area contributed by atoms with E-state index >= 15 is 0 Å². The van der Waals surface area contributed by atoms with Crippen molar-refractivity contribution in [1.29, 1.82) is 0 Å². The van der Waals surface area contributed by atoms with Gasteiger partial charge in [0.25, 0.3) is 0 Å². The average molecular weight is 750 g/mol.